The minimum Gasteiger partial charge on any atom is -0.307 e. The van der Waals surface area contributed by atoms with E-state index >= 15 is 0 Å². The van der Waals surface area contributed by atoms with Gasteiger partial charge in [-0.2, -0.15) is 0 Å². The topological polar surface area (TPSA) is 55.2 Å². The molecule has 2 rings (SSSR count). The van der Waals surface area contributed by atoms with Crippen LogP contribution in [-0.2, 0) is 0 Å². The molecule has 0 aromatic heterocycles. The lowest BCUT2D eigenvalue weighted by Gasteiger charge is -2.26. The molecule has 0 saturated heterocycles. The first-order valence-corrected chi connectivity index (χ1v) is 6.68. The van der Waals surface area contributed by atoms with Gasteiger partial charge in [0.05, 0.1) is 4.92 Å². The Kier molecular flexibility index (Phi) is 4.31. The van der Waals surface area contributed by atoms with Crippen molar-refractivity contribution in [3.8, 4) is 0 Å². The molecule has 0 amide bonds. The molecule has 1 unspecified atom stereocenters. The smallest absolute Gasteiger partial charge is 0.274 e. The maximum Gasteiger partial charge on any atom is 0.274 e. The minimum absolute atomic E-state index is 0.0368. The van der Waals surface area contributed by atoms with Gasteiger partial charge in [-0.15, -0.1) is 0 Å². The van der Waals surface area contributed by atoms with Crippen LogP contribution in [0.15, 0.2) is 24.3 Å². The quantitative estimate of drug-likeness (QED) is 0.654. The summed E-state index contributed by atoms with van der Waals surface area (Å²) in [5, 5.41) is 14.5. The number of para-hydroxylation sites is 1. The number of nitrogens with zero attached hydrogens (tertiary/aromatic N) is 1. The Morgan fingerprint density at radius 2 is 1.94 bits per heavy atom. The summed E-state index contributed by atoms with van der Waals surface area (Å²) in [6.07, 6.45) is 6.22. The number of nitrogens with one attached hydrogen (secondary N) is 1. The van der Waals surface area contributed by atoms with Crippen molar-refractivity contribution in [2.24, 2.45) is 0 Å². The third-order valence-electron chi connectivity index (χ3n) is 3.69. The molecule has 4 heteroatoms. The van der Waals surface area contributed by atoms with E-state index in [2.05, 4.69) is 5.32 Å². The number of hydrogen-bond acceptors (Lipinski definition) is 3. The monoisotopic (exact) mass is 248 g/mol. The lowest BCUT2D eigenvalue weighted by molar-refractivity contribution is -0.385. The van der Waals surface area contributed by atoms with Crippen molar-refractivity contribution in [3.05, 3.63) is 39.9 Å². The van der Waals surface area contributed by atoms with Crippen LogP contribution in [0.1, 0.15) is 50.6 Å². The fourth-order valence-electron chi connectivity index (χ4n) is 2.73. The van der Waals surface area contributed by atoms with E-state index in [4.69, 9.17) is 0 Å². The average Bonchev–Trinajstić information content (AvgIpc) is 2.40. The number of nitro benzene ring substituents is 1. The molecule has 0 heterocycles. The fourth-order valence-corrected chi connectivity index (χ4v) is 2.73. The first-order valence-electron chi connectivity index (χ1n) is 6.68. The second kappa shape index (κ2) is 5.96. The summed E-state index contributed by atoms with van der Waals surface area (Å²) >= 11 is 0. The second-order valence-corrected chi connectivity index (χ2v) is 5.04. The van der Waals surface area contributed by atoms with Crippen molar-refractivity contribution >= 4 is 5.69 Å². The molecular formula is C14H20N2O2. The molecule has 1 fully saturated rings. The summed E-state index contributed by atoms with van der Waals surface area (Å²) in [5.74, 6) is 0. The largest absolute Gasteiger partial charge is 0.307 e. The lowest BCUT2D eigenvalue weighted by Crippen LogP contribution is -2.33. The van der Waals surface area contributed by atoms with E-state index in [1.807, 2.05) is 19.1 Å². The van der Waals surface area contributed by atoms with E-state index in [-0.39, 0.29) is 16.7 Å². The zero-order valence-electron chi connectivity index (χ0n) is 10.8. The first kappa shape index (κ1) is 13.0. The van der Waals surface area contributed by atoms with Crippen molar-refractivity contribution < 1.29 is 4.92 Å². The van der Waals surface area contributed by atoms with Gasteiger partial charge in [-0.3, -0.25) is 10.1 Å². The summed E-state index contributed by atoms with van der Waals surface area (Å²) in [5.41, 5.74) is 1.00. The predicted octanol–water partition coefficient (Wildman–Crippen LogP) is 3.58. The van der Waals surface area contributed by atoms with Crippen LogP contribution in [0.5, 0.6) is 0 Å². The van der Waals surface area contributed by atoms with Crippen LogP contribution in [-0.4, -0.2) is 11.0 Å². The maximum absolute atomic E-state index is 11.0. The van der Waals surface area contributed by atoms with Gasteiger partial charge in [-0.25, -0.2) is 0 Å². The zero-order chi connectivity index (χ0) is 13.0. The third kappa shape index (κ3) is 3.07. The van der Waals surface area contributed by atoms with E-state index in [1.54, 1.807) is 12.1 Å². The molecule has 0 aliphatic heterocycles. The lowest BCUT2D eigenvalue weighted by atomic mass is 9.94. The van der Waals surface area contributed by atoms with Crippen molar-refractivity contribution in [1.82, 2.24) is 5.32 Å². The molecular weight excluding hydrogens is 228 g/mol. The van der Waals surface area contributed by atoms with Gasteiger partial charge in [0.2, 0.25) is 0 Å². The highest BCUT2D eigenvalue weighted by molar-refractivity contribution is 5.41. The highest BCUT2D eigenvalue weighted by Crippen LogP contribution is 2.27. The second-order valence-electron chi connectivity index (χ2n) is 5.04. The molecule has 1 atom stereocenters. The summed E-state index contributed by atoms with van der Waals surface area (Å²) in [4.78, 5) is 10.7. The van der Waals surface area contributed by atoms with E-state index in [9.17, 15) is 10.1 Å². The van der Waals surface area contributed by atoms with Gasteiger partial charge in [-0.1, -0.05) is 37.5 Å². The van der Waals surface area contributed by atoms with E-state index < -0.39 is 0 Å². The molecule has 0 spiro atoms. The average molecular weight is 248 g/mol. The van der Waals surface area contributed by atoms with Crippen LogP contribution >= 0.6 is 0 Å². The Bertz CT molecular complexity index is 414. The molecule has 1 N–H and O–H groups in total. The highest BCUT2D eigenvalue weighted by Gasteiger charge is 2.21. The molecule has 1 saturated carbocycles. The van der Waals surface area contributed by atoms with Crippen LogP contribution in [0.2, 0.25) is 0 Å². The normalized spacial score (nSPS) is 18.5. The zero-order valence-corrected chi connectivity index (χ0v) is 10.8. The Morgan fingerprint density at radius 3 is 2.61 bits per heavy atom. The maximum atomic E-state index is 11.0. The van der Waals surface area contributed by atoms with Crippen molar-refractivity contribution in [2.75, 3.05) is 0 Å². The molecule has 4 nitrogen and oxygen atoms in total. The Morgan fingerprint density at radius 1 is 1.28 bits per heavy atom. The van der Waals surface area contributed by atoms with Crippen LogP contribution < -0.4 is 5.32 Å². The van der Waals surface area contributed by atoms with Gasteiger partial charge in [0.25, 0.3) is 5.69 Å². The van der Waals surface area contributed by atoms with Gasteiger partial charge in [0.1, 0.15) is 0 Å². The molecule has 18 heavy (non-hydrogen) atoms. The first-order chi connectivity index (χ1) is 8.68. The number of nitro groups is 1. The molecule has 0 bridgehead atoms. The van der Waals surface area contributed by atoms with Gasteiger partial charge in [-0.05, 0) is 19.8 Å². The van der Waals surface area contributed by atoms with Gasteiger partial charge >= 0.3 is 0 Å². The Hall–Kier alpha value is -1.42. The standard InChI is InChI=1S/C14H20N2O2/c1-11(15-12-7-3-2-4-8-12)13-9-5-6-10-14(13)16(17)18/h5-6,9-12,15H,2-4,7-8H2,1H3. The summed E-state index contributed by atoms with van der Waals surface area (Å²) < 4.78 is 0. The third-order valence-corrected chi connectivity index (χ3v) is 3.69. The number of rotatable bonds is 4. The SMILES string of the molecule is CC(NC1CCCCC1)c1ccccc1[N+](=O)[O-]. The molecule has 98 valence electrons. The summed E-state index contributed by atoms with van der Waals surface area (Å²) in [7, 11) is 0. The van der Waals surface area contributed by atoms with Crippen LogP contribution in [0.25, 0.3) is 0 Å². The van der Waals surface area contributed by atoms with E-state index in [1.165, 1.54) is 32.1 Å². The number of hydrogen-bond donors (Lipinski definition) is 1. The number of benzene rings is 1. The highest BCUT2D eigenvalue weighted by atomic mass is 16.6. The Labute approximate surface area is 108 Å². The van der Waals surface area contributed by atoms with Gasteiger partial charge in [0.15, 0.2) is 0 Å². The van der Waals surface area contributed by atoms with Crippen molar-refractivity contribution in [1.29, 1.82) is 0 Å². The van der Waals surface area contributed by atoms with Crippen molar-refractivity contribution in [3.63, 3.8) is 0 Å². The van der Waals surface area contributed by atoms with E-state index in [0.29, 0.717) is 6.04 Å². The molecule has 0 radical (unpaired) electrons. The molecule has 1 aliphatic rings. The molecule has 1 aromatic carbocycles. The molecule has 1 aliphatic carbocycles. The summed E-state index contributed by atoms with van der Waals surface area (Å²) in [6.45, 7) is 2.01. The van der Waals surface area contributed by atoms with Gasteiger partial charge in [0, 0.05) is 23.7 Å². The Balaban J connectivity index is 2.08. The van der Waals surface area contributed by atoms with Gasteiger partial charge < -0.3 is 5.32 Å². The molecule has 1 aromatic rings. The van der Waals surface area contributed by atoms with Crippen LogP contribution in [0.4, 0.5) is 5.69 Å². The van der Waals surface area contributed by atoms with Crippen molar-refractivity contribution in [2.45, 2.75) is 51.1 Å². The minimum atomic E-state index is -0.297. The predicted molar refractivity (Wildman–Crippen MR) is 71.5 cm³/mol. The summed E-state index contributed by atoms with van der Waals surface area (Å²) in [6, 6.07) is 7.55. The fraction of sp³-hybridized carbons (Fsp3) is 0.571. The van der Waals surface area contributed by atoms with Crippen LogP contribution in [0, 0.1) is 10.1 Å². The van der Waals surface area contributed by atoms with Crippen LogP contribution in [0.3, 0.4) is 0 Å². The van der Waals surface area contributed by atoms with E-state index in [0.717, 1.165) is 5.56 Å².